The van der Waals surface area contributed by atoms with Crippen LogP contribution < -0.4 is 0 Å². The maximum absolute atomic E-state index is 5.24. The quantitative estimate of drug-likeness (QED) is 0.710. The van der Waals surface area contributed by atoms with E-state index in [4.69, 9.17) is 9.47 Å². The van der Waals surface area contributed by atoms with Crippen LogP contribution in [0.2, 0.25) is 0 Å². The van der Waals surface area contributed by atoms with E-state index >= 15 is 0 Å². The predicted octanol–water partition coefficient (Wildman–Crippen LogP) is 3.19. The molecular formula is C16H33NO2. The smallest absolute Gasteiger partial charge is 0.0589 e. The molecule has 3 nitrogen and oxygen atoms in total. The molecule has 1 aliphatic carbocycles. The highest BCUT2D eigenvalue weighted by molar-refractivity contribution is 4.84. The largest absolute Gasteiger partial charge is 0.383 e. The zero-order valence-corrected chi connectivity index (χ0v) is 13.6. The Morgan fingerprint density at radius 1 is 0.895 bits per heavy atom. The Hall–Kier alpha value is -0.120. The van der Waals surface area contributed by atoms with Crippen molar-refractivity contribution in [3.05, 3.63) is 0 Å². The summed E-state index contributed by atoms with van der Waals surface area (Å²) in [6.45, 7) is 10.9. The molecule has 0 N–H and O–H groups in total. The van der Waals surface area contributed by atoms with E-state index in [0.29, 0.717) is 5.41 Å². The molecular weight excluding hydrogens is 238 g/mol. The first-order valence-corrected chi connectivity index (χ1v) is 7.71. The summed E-state index contributed by atoms with van der Waals surface area (Å²) in [6.07, 6.45) is 5.39. The molecule has 1 rings (SSSR count). The first kappa shape index (κ1) is 16.9. The van der Waals surface area contributed by atoms with Crippen LogP contribution in [0.3, 0.4) is 0 Å². The zero-order valence-electron chi connectivity index (χ0n) is 13.6. The van der Waals surface area contributed by atoms with Crippen molar-refractivity contribution < 1.29 is 9.47 Å². The second-order valence-corrected chi connectivity index (χ2v) is 6.89. The molecule has 0 spiro atoms. The Morgan fingerprint density at radius 3 is 1.74 bits per heavy atom. The van der Waals surface area contributed by atoms with Gasteiger partial charge >= 0.3 is 0 Å². The van der Waals surface area contributed by atoms with Crippen molar-refractivity contribution in [1.29, 1.82) is 0 Å². The van der Waals surface area contributed by atoms with Crippen molar-refractivity contribution in [1.82, 2.24) is 4.90 Å². The van der Waals surface area contributed by atoms with Crippen LogP contribution in [0.25, 0.3) is 0 Å². The van der Waals surface area contributed by atoms with Crippen molar-refractivity contribution >= 4 is 0 Å². The Kier molecular flexibility index (Phi) is 7.33. The average Bonchev–Trinajstić information content (AvgIpc) is 2.38. The Labute approximate surface area is 119 Å². The lowest BCUT2D eigenvalue weighted by molar-refractivity contribution is 0.0532. The zero-order chi connectivity index (χ0) is 14.3. The molecule has 0 atom stereocenters. The molecule has 3 heteroatoms. The van der Waals surface area contributed by atoms with Crippen LogP contribution in [-0.4, -0.2) is 51.5 Å². The first-order valence-electron chi connectivity index (χ1n) is 7.71. The molecule has 0 amide bonds. The van der Waals surface area contributed by atoms with Crippen LogP contribution in [-0.2, 0) is 9.47 Å². The Balaban J connectivity index is 2.44. The Bertz CT molecular complexity index is 221. The third-order valence-corrected chi connectivity index (χ3v) is 4.60. The third kappa shape index (κ3) is 5.80. The minimum atomic E-state index is 0.467. The molecule has 0 saturated heterocycles. The topological polar surface area (TPSA) is 21.7 Å². The van der Waals surface area contributed by atoms with Gasteiger partial charge in [-0.1, -0.05) is 20.8 Å². The van der Waals surface area contributed by atoms with E-state index < -0.39 is 0 Å². The molecule has 0 bridgehead atoms. The summed E-state index contributed by atoms with van der Waals surface area (Å²) in [5, 5.41) is 0. The maximum Gasteiger partial charge on any atom is 0.0589 e. The van der Waals surface area contributed by atoms with Crippen molar-refractivity contribution in [2.24, 2.45) is 11.3 Å². The Morgan fingerprint density at radius 2 is 1.37 bits per heavy atom. The van der Waals surface area contributed by atoms with E-state index in [1.807, 2.05) is 0 Å². The number of hydrogen-bond acceptors (Lipinski definition) is 3. The molecule has 0 radical (unpaired) electrons. The highest BCUT2D eigenvalue weighted by Gasteiger charge is 2.31. The maximum atomic E-state index is 5.24. The normalized spacial score (nSPS) is 24.9. The van der Waals surface area contributed by atoms with Gasteiger partial charge in [0.05, 0.1) is 13.2 Å². The van der Waals surface area contributed by atoms with Gasteiger partial charge in [-0.3, -0.25) is 4.90 Å². The second-order valence-electron chi connectivity index (χ2n) is 6.89. The molecule has 0 aliphatic heterocycles. The molecule has 0 aromatic carbocycles. The van der Waals surface area contributed by atoms with E-state index in [-0.39, 0.29) is 0 Å². The van der Waals surface area contributed by atoms with Crippen LogP contribution in [0.15, 0.2) is 0 Å². The summed E-state index contributed by atoms with van der Waals surface area (Å²) < 4.78 is 10.5. The van der Waals surface area contributed by atoms with Crippen LogP contribution >= 0.6 is 0 Å². The molecule has 114 valence electrons. The SMILES string of the molecule is COCCN(CCOC)C1CCC(C(C)(C)C)CC1. The van der Waals surface area contributed by atoms with Gasteiger partial charge in [0, 0.05) is 33.4 Å². The third-order valence-electron chi connectivity index (χ3n) is 4.60. The van der Waals surface area contributed by atoms with E-state index in [9.17, 15) is 0 Å². The summed E-state index contributed by atoms with van der Waals surface area (Å²) in [6, 6.07) is 0.726. The molecule has 0 aromatic heterocycles. The van der Waals surface area contributed by atoms with Gasteiger partial charge in [0.25, 0.3) is 0 Å². The minimum absolute atomic E-state index is 0.467. The number of methoxy groups -OCH3 is 2. The molecule has 0 unspecified atom stereocenters. The predicted molar refractivity (Wildman–Crippen MR) is 80.5 cm³/mol. The van der Waals surface area contributed by atoms with E-state index in [2.05, 4.69) is 25.7 Å². The fourth-order valence-electron chi connectivity index (χ4n) is 3.20. The van der Waals surface area contributed by atoms with Crippen LogP contribution in [0, 0.1) is 11.3 Å². The summed E-state index contributed by atoms with van der Waals surface area (Å²) in [5.74, 6) is 0.885. The second kappa shape index (κ2) is 8.23. The van der Waals surface area contributed by atoms with Crippen molar-refractivity contribution in [2.45, 2.75) is 52.5 Å². The standard InChI is InChI=1S/C16H33NO2/c1-16(2,3)14-6-8-15(9-7-14)17(10-12-18-4)11-13-19-5/h14-15H,6-13H2,1-5H3. The number of hydrogen-bond donors (Lipinski definition) is 0. The van der Waals surface area contributed by atoms with Gasteiger partial charge in [-0.05, 0) is 37.0 Å². The summed E-state index contributed by atoms with van der Waals surface area (Å²) in [5.41, 5.74) is 0.467. The van der Waals surface area contributed by atoms with E-state index in [0.717, 1.165) is 38.3 Å². The van der Waals surface area contributed by atoms with E-state index in [1.165, 1.54) is 25.7 Å². The highest BCUT2D eigenvalue weighted by atomic mass is 16.5. The van der Waals surface area contributed by atoms with Crippen molar-refractivity contribution in [2.75, 3.05) is 40.5 Å². The van der Waals surface area contributed by atoms with Crippen molar-refractivity contribution in [3.63, 3.8) is 0 Å². The van der Waals surface area contributed by atoms with Gasteiger partial charge in [-0.25, -0.2) is 0 Å². The van der Waals surface area contributed by atoms with Gasteiger partial charge in [0.15, 0.2) is 0 Å². The molecule has 19 heavy (non-hydrogen) atoms. The first-order chi connectivity index (χ1) is 8.99. The number of rotatable bonds is 7. The number of ether oxygens (including phenoxy) is 2. The molecule has 1 fully saturated rings. The van der Waals surface area contributed by atoms with Gasteiger partial charge in [-0.15, -0.1) is 0 Å². The molecule has 0 heterocycles. The van der Waals surface area contributed by atoms with Crippen LogP contribution in [0.4, 0.5) is 0 Å². The lowest BCUT2D eigenvalue weighted by atomic mass is 9.71. The number of nitrogens with zero attached hydrogens (tertiary/aromatic N) is 1. The minimum Gasteiger partial charge on any atom is -0.383 e. The van der Waals surface area contributed by atoms with Gasteiger partial charge in [-0.2, -0.15) is 0 Å². The summed E-state index contributed by atoms with van der Waals surface area (Å²) in [7, 11) is 3.57. The monoisotopic (exact) mass is 271 g/mol. The fourth-order valence-corrected chi connectivity index (χ4v) is 3.20. The highest BCUT2D eigenvalue weighted by Crippen LogP contribution is 2.38. The van der Waals surface area contributed by atoms with Crippen LogP contribution in [0.5, 0.6) is 0 Å². The lowest BCUT2D eigenvalue weighted by Gasteiger charge is -2.41. The summed E-state index contributed by atoms with van der Waals surface area (Å²) >= 11 is 0. The van der Waals surface area contributed by atoms with Gasteiger partial charge in [0.1, 0.15) is 0 Å². The average molecular weight is 271 g/mol. The fraction of sp³-hybridized carbons (Fsp3) is 1.00. The lowest BCUT2D eigenvalue weighted by Crippen LogP contribution is -2.43. The summed E-state index contributed by atoms with van der Waals surface area (Å²) in [4.78, 5) is 2.56. The molecule has 1 aliphatic rings. The molecule has 1 saturated carbocycles. The van der Waals surface area contributed by atoms with Gasteiger partial charge < -0.3 is 9.47 Å². The van der Waals surface area contributed by atoms with E-state index in [1.54, 1.807) is 14.2 Å². The molecule has 0 aromatic rings. The van der Waals surface area contributed by atoms with Crippen LogP contribution in [0.1, 0.15) is 46.5 Å². The van der Waals surface area contributed by atoms with Gasteiger partial charge in [0.2, 0.25) is 0 Å². The van der Waals surface area contributed by atoms with Crippen molar-refractivity contribution in [3.8, 4) is 0 Å².